The Balaban J connectivity index is 1.96. The second kappa shape index (κ2) is 5.12. The third kappa shape index (κ3) is 2.93. The molecule has 0 bridgehead atoms. The van der Waals surface area contributed by atoms with Gasteiger partial charge in [-0.15, -0.1) is 0 Å². The number of pyridine rings is 1. The van der Waals surface area contributed by atoms with Gasteiger partial charge in [0.15, 0.2) is 0 Å². The molecule has 0 saturated heterocycles. The Morgan fingerprint density at radius 3 is 2.80 bits per heavy atom. The van der Waals surface area contributed by atoms with Crippen molar-refractivity contribution < 1.29 is 4.74 Å². The average Bonchev–Trinajstić information content (AvgIpc) is 2.31. The van der Waals surface area contributed by atoms with Crippen LogP contribution in [-0.4, -0.2) is 11.1 Å². The van der Waals surface area contributed by atoms with Crippen LogP contribution in [0.25, 0.3) is 0 Å². The zero-order valence-corrected chi connectivity index (χ0v) is 8.98. The van der Waals surface area contributed by atoms with Crippen LogP contribution < -0.4 is 10.5 Å². The zero-order valence-electron chi connectivity index (χ0n) is 8.98. The Hall–Kier alpha value is -1.09. The molecule has 1 heterocycles. The van der Waals surface area contributed by atoms with E-state index in [1.807, 2.05) is 18.2 Å². The molecular weight excluding hydrogens is 188 g/mol. The molecule has 3 nitrogen and oxygen atoms in total. The molecule has 2 N–H and O–H groups in total. The summed E-state index contributed by atoms with van der Waals surface area (Å²) in [6, 6.07) is 5.79. The maximum absolute atomic E-state index is 5.83. The molecule has 0 aliphatic heterocycles. The molecule has 1 aliphatic rings. The fourth-order valence-corrected chi connectivity index (χ4v) is 1.99. The van der Waals surface area contributed by atoms with Crippen LogP contribution in [0.15, 0.2) is 18.2 Å². The number of hydrogen-bond donors (Lipinski definition) is 1. The molecule has 0 spiro atoms. The molecule has 0 radical (unpaired) electrons. The molecule has 1 fully saturated rings. The highest BCUT2D eigenvalue weighted by molar-refractivity contribution is 5.15. The largest absolute Gasteiger partial charge is 0.474 e. The number of ether oxygens (including phenoxy) is 1. The predicted octanol–water partition coefficient (Wildman–Crippen LogP) is 2.25. The van der Waals surface area contributed by atoms with E-state index in [2.05, 4.69) is 4.98 Å². The lowest BCUT2D eigenvalue weighted by Crippen LogP contribution is -2.20. The van der Waals surface area contributed by atoms with E-state index < -0.39 is 0 Å². The summed E-state index contributed by atoms with van der Waals surface area (Å²) in [5.74, 6) is 0.727. The summed E-state index contributed by atoms with van der Waals surface area (Å²) in [6.45, 7) is 0.474. The molecule has 15 heavy (non-hydrogen) atoms. The molecule has 1 saturated carbocycles. The van der Waals surface area contributed by atoms with Crippen molar-refractivity contribution in [1.29, 1.82) is 0 Å². The first-order valence-electron chi connectivity index (χ1n) is 5.71. The Bertz CT molecular complexity index is 308. The Labute approximate surface area is 90.7 Å². The van der Waals surface area contributed by atoms with Gasteiger partial charge in [0.25, 0.3) is 0 Å². The van der Waals surface area contributed by atoms with Gasteiger partial charge in [0, 0.05) is 12.6 Å². The molecule has 3 heteroatoms. The summed E-state index contributed by atoms with van der Waals surface area (Å²) >= 11 is 0. The molecule has 0 unspecified atom stereocenters. The maximum Gasteiger partial charge on any atom is 0.213 e. The molecule has 0 amide bonds. The van der Waals surface area contributed by atoms with Gasteiger partial charge in [0.1, 0.15) is 6.10 Å². The quantitative estimate of drug-likeness (QED) is 0.825. The number of nitrogens with zero attached hydrogens (tertiary/aromatic N) is 1. The number of hydrogen-bond acceptors (Lipinski definition) is 3. The Kier molecular flexibility index (Phi) is 3.56. The van der Waals surface area contributed by atoms with E-state index in [1.54, 1.807) is 0 Å². The summed E-state index contributed by atoms with van der Waals surface area (Å²) in [5.41, 5.74) is 6.43. The van der Waals surface area contributed by atoms with E-state index in [9.17, 15) is 0 Å². The first-order valence-corrected chi connectivity index (χ1v) is 5.71. The van der Waals surface area contributed by atoms with Gasteiger partial charge in [-0.1, -0.05) is 12.5 Å². The molecule has 2 rings (SSSR count). The lowest BCUT2D eigenvalue weighted by Gasteiger charge is -2.22. The topological polar surface area (TPSA) is 48.1 Å². The lowest BCUT2D eigenvalue weighted by molar-refractivity contribution is 0.148. The molecule has 0 aromatic carbocycles. The van der Waals surface area contributed by atoms with Crippen LogP contribution in [0, 0.1) is 0 Å². The van der Waals surface area contributed by atoms with Crippen LogP contribution in [-0.2, 0) is 6.54 Å². The zero-order chi connectivity index (χ0) is 10.5. The minimum absolute atomic E-state index is 0.360. The van der Waals surface area contributed by atoms with Crippen molar-refractivity contribution in [3.05, 3.63) is 23.9 Å². The maximum atomic E-state index is 5.83. The number of nitrogens with two attached hydrogens (primary N) is 1. The smallest absolute Gasteiger partial charge is 0.213 e. The van der Waals surface area contributed by atoms with Crippen molar-refractivity contribution in [2.24, 2.45) is 5.73 Å². The SMILES string of the molecule is NCc1cccc(OC2CCCCC2)n1. The van der Waals surface area contributed by atoms with Gasteiger partial charge in [0.05, 0.1) is 5.69 Å². The summed E-state index contributed by atoms with van der Waals surface area (Å²) in [4.78, 5) is 4.34. The summed E-state index contributed by atoms with van der Waals surface area (Å²) in [5, 5.41) is 0. The molecule has 0 atom stereocenters. The Morgan fingerprint density at radius 2 is 2.07 bits per heavy atom. The van der Waals surface area contributed by atoms with Crippen LogP contribution >= 0.6 is 0 Å². The third-order valence-electron chi connectivity index (χ3n) is 2.83. The van der Waals surface area contributed by atoms with Crippen LogP contribution in [0.2, 0.25) is 0 Å². The van der Waals surface area contributed by atoms with Crippen molar-refractivity contribution in [2.75, 3.05) is 0 Å². The highest BCUT2D eigenvalue weighted by atomic mass is 16.5. The second-order valence-corrected chi connectivity index (χ2v) is 4.05. The van der Waals surface area contributed by atoms with E-state index in [0.717, 1.165) is 24.4 Å². The first-order chi connectivity index (χ1) is 7.38. The first kappa shape index (κ1) is 10.4. The van der Waals surface area contributed by atoms with E-state index in [-0.39, 0.29) is 0 Å². The van der Waals surface area contributed by atoms with Gasteiger partial charge in [0.2, 0.25) is 5.88 Å². The summed E-state index contributed by atoms with van der Waals surface area (Å²) in [7, 11) is 0. The van der Waals surface area contributed by atoms with E-state index in [0.29, 0.717) is 12.6 Å². The molecule has 82 valence electrons. The summed E-state index contributed by atoms with van der Waals surface area (Å²) in [6.07, 6.45) is 6.58. The van der Waals surface area contributed by atoms with Crippen molar-refractivity contribution in [2.45, 2.75) is 44.8 Å². The normalized spacial score (nSPS) is 17.7. The van der Waals surface area contributed by atoms with Gasteiger partial charge in [-0.25, -0.2) is 4.98 Å². The van der Waals surface area contributed by atoms with E-state index >= 15 is 0 Å². The van der Waals surface area contributed by atoms with Crippen LogP contribution in [0.5, 0.6) is 5.88 Å². The minimum Gasteiger partial charge on any atom is -0.474 e. The fraction of sp³-hybridized carbons (Fsp3) is 0.583. The molecule has 1 aromatic heterocycles. The van der Waals surface area contributed by atoms with Gasteiger partial charge >= 0.3 is 0 Å². The standard InChI is InChI=1S/C12H18N2O/c13-9-10-5-4-8-12(14-10)15-11-6-2-1-3-7-11/h4-5,8,11H,1-3,6-7,9,13H2. The minimum atomic E-state index is 0.360. The fourth-order valence-electron chi connectivity index (χ4n) is 1.99. The van der Waals surface area contributed by atoms with E-state index in [1.165, 1.54) is 19.3 Å². The average molecular weight is 206 g/mol. The van der Waals surface area contributed by atoms with Crippen LogP contribution in [0.1, 0.15) is 37.8 Å². The molecule has 1 aliphatic carbocycles. The monoisotopic (exact) mass is 206 g/mol. The highest BCUT2D eigenvalue weighted by Crippen LogP contribution is 2.22. The van der Waals surface area contributed by atoms with Gasteiger partial charge in [-0.2, -0.15) is 0 Å². The third-order valence-corrected chi connectivity index (χ3v) is 2.83. The molecule has 1 aromatic rings. The van der Waals surface area contributed by atoms with Crippen molar-refractivity contribution in [1.82, 2.24) is 4.98 Å². The van der Waals surface area contributed by atoms with Gasteiger partial charge in [-0.3, -0.25) is 0 Å². The lowest BCUT2D eigenvalue weighted by atomic mass is 9.98. The number of rotatable bonds is 3. The van der Waals surface area contributed by atoms with Gasteiger partial charge < -0.3 is 10.5 Å². The van der Waals surface area contributed by atoms with Crippen molar-refractivity contribution in [3.63, 3.8) is 0 Å². The van der Waals surface area contributed by atoms with Crippen molar-refractivity contribution in [3.8, 4) is 5.88 Å². The molecular formula is C12H18N2O. The number of aromatic nitrogens is 1. The predicted molar refractivity (Wildman–Crippen MR) is 59.6 cm³/mol. The Morgan fingerprint density at radius 1 is 1.27 bits per heavy atom. The highest BCUT2D eigenvalue weighted by Gasteiger charge is 2.15. The van der Waals surface area contributed by atoms with Crippen LogP contribution in [0.3, 0.4) is 0 Å². The second-order valence-electron chi connectivity index (χ2n) is 4.05. The van der Waals surface area contributed by atoms with Crippen molar-refractivity contribution >= 4 is 0 Å². The van der Waals surface area contributed by atoms with Crippen LogP contribution in [0.4, 0.5) is 0 Å². The summed E-state index contributed by atoms with van der Waals surface area (Å²) < 4.78 is 5.83. The van der Waals surface area contributed by atoms with E-state index in [4.69, 9.17) is 10.5 Å². The van der Waals surface area contributed by atoms with Gasteiger partial charge in [-0.05, 0) is 31.7 Å².